The summed E-state index contributed by atoms with van der Waals surface area (Å²) < 4.78 is 31.7. The Balaban J connectivity index is 1.71. The SMILES string of the molecule is CC(=O)NC1CCCCC12CN(Cc1cccc(NS(C)(=O)=O)c1)CCO2. The molecule has 2 atom stereocenters. The normalized spacial score (nSPS) is 26.7. The van der Waals surface area contributed by atoms with E-state index in [-0.39, 0.29) is 17.6 Å². The number of carbonyl (C=O) groups excluding carboxylic acids is 1. The molecule has 1 aliphatic heterocycles. The highest BCUT2D eigenvalue weighted by Gasteiger charge is 2.45. The molecule has 3 rings (SSSR count). The Bertz CT molecular complexity index is 779. The predicted octanol–water partition coefficient (Wildman–Crippen LogP) is 1.71. The van der Waals surface area contributed by atoms with E-state index in [0.29, 0.717) is 12.3 Å². The summed E-state index contributed by atoms with van der Waals surface area (Å²) in [4.78, 5) is 14.0. The lowest BCUT2D eigenvalue weighted by molar-refractivity contribution is -0.150. The second-order valence-corrected chi connectivity index (χ2v) is 9.45. The van der Waals surface area contributed by atoms with E-state index in [2.05, 4.69) is 14.9 Å². The van der Waals surface area contributed by atoms with Crippen molar-refractivity contribution < 1.29 is 17.9 Å². The van der Waals surface area contributed by atoms with Crippen molar-refractivity contribution >= 4 is 21.6 Å². The van der Waals surface area contributed by atoms with Crippen LogP contribution in [0.1, 0.15) is 38.2 Å². The van der Waals surface area contributed by atoms with Gasteiger partial charge in [0, 0.05) is 32.2 Å². The van der Waals surface area contributed by atoms with Crippen LogP contribution in [0.3, 0.4) is 0 Å². The molecular formula is C19H29N3O4S. The summed E-state index contributed by atoms with van der Waals surface area (Å²) in [7, 11) is -3.29. The third kappa shape index (κ3) is 5.43. The van der Waals surface area contributed by atoms with Crippen molar-refractivity contribution in [3.05, 3.63) is 29.8 Å². The molecule has 1 saturated carbocycles. The molecule has 150 valence electrons. The summed E-state index contributed by atoms with van der Waals surface area (Å²) in [5.74, 6) is -0.0125. The summed E-state index contributed by atoms with van der Waals surface area (Å²) in [6, 6.07) is 7.53. The fourth-order valence-electron chi connectivity index (χ4n) is 4.24. The molecule has 2 N–H and O–H groups in total. The topological polar surface area (TPSA) is 87.7 Å². The molecule has 0 bridgehead atoms. The van der Waals surface area contributed by atoms with Crippen molar-refractivity contribution in [2.75, 3.05) is 30.7 Å². The first-order valence-electron chi connectivity index (χ1n) is 9.46. The zero-order valence-electron chi connectivity index (χ0n) is 16.0. The van der Waals surface area contributed by atoms with Gasteiger partial charge >= 0.3 is 0 Å². The monoisotopic (exact) mass is 395 g/mol. The van der Waals surface area contributed by atoms with Crippen LogP contribution in [-0.2, 0) is 26.1 Å². The quantitative estimate of drug-likeness (QED) is 0.792. The standard InChI is InChI=1S/C19H29N3O4S/c1-15(23)20-18-8-3-4-9-19(18)14-22(10-11-26-19)13-16-6-5-7-17(12-16)21-27(2,24)25/h5-7,12,18,21H,3-4,8-11,13-14H2,1-2H3,(H,20,23). The fourth-order valence-corrected chi connectivity index (χ4v) is 4.80. The first-order chi connectivity index (χ1) is 12.8. The molecule has 27 heavy (non-hydrogen) atoms. The first kappa shape index (κ1) is 20.1. The van der Waals surface area contributed by atoms with Gasteiger partial charge in [0.2, 0.25) is 15.9 Å². The molecular weight excluding hydrogens is 366 g/mol. The summed E-state index contributed by atoms with van der Waals surface area (Å²) >= 11 is 0. The minimum Gasteiger partial charge on any atom is -0.370 e. The number of ether oxygens (including phenoxy) is 1. The molecule has 1 amide bonds. The predicted molar refractivity (Wildman–Crippen MR) is 105 cm³/mol. The van der Waals surface area contributed by atoms with Crippen molar-refractivity contribution in [3.8, 4) is 0 Å². The van der Waals surface area contributed by atoms with Gasteiger partial charge in [0.15, 0.2) is 0 Å². The number of anilines is 1. The lowest BCUT2D eigenvalue weighted by Gasteiger charge is -2.49. The Morgan fingerprint density at radius 3 is 2.93 bits per heavy atom. The average Bonchev–Trinajstić information content (AvgIpc) is 2.56. The molecule has 2 unspecified atom stereocenters. The smallest absolute Gasteiger partial charge is 0.229 e. The maximum Gasteiger partial charge on any atom is 0.229 e. The zero-order valence-corrected chi connectivity index (χ0v) is 16.8. The highest BCUT2D eigenvalue weighted by atomic mass is 32.2. The van der Waals surface area contributed by atoms with E-state index >= 15 is 0 Å². The number of amides is 1. The van der Waals surface area contributed by atoms with Gasteiger partial charge in [-0.3, -0.25) is 14.4 Å². The Hall–Kier alpha value is -1.64. The number of nitrogens with zero attached hydrogens (tertiary/aromatic N) is 1. The van der Waals surface area contributed by atoms with Gasteiger partial charge in [0.25, 0.3) is 0 Å². The van der Waals surface area contributed by atoms with E-state index in [1.54, 1.807) is 13.0 Å². The minimum absolute atomic E-state index is 0.0125. The number of morpholine rings is 1. The second kappa shape index (κ2) is 8.16. The molecule has 1 aliphatic carbocycles. The number of rotatable bonds is 5. The van der Waals surface area contributed by atoms with E-state index < -0.39 is 10.0 Å². The largest absolute Gasteiger partial charge is 0.370 e. The van der Waals surface area contributed by atoms with Crippen molar-refractivity contribution in [2.24, 2.45) is 0 Å². The Morgan fingerprint density at radius 2 is 2.19 bits per heavy atom. The van der Waals surface area contributed by atoms with Crippen molar-refractivity contribution in [2.45, 2.75) is 50.8 Å². The van der Waals surface area contributed by atoms with Crippen molar-refractivity contribution in [3.63, 3.8) is 0 Å². The summed E-state index contributed by atoms with van der Waals surface area (Å²) in [6.07, 6.45) is 5.26. The number of benzene rings is 1. The maximum atomic E-state index is 11.6. The molecule has 2 aliphatic rings. The van der Waals surface area contributed by atoms with Crippen LogP contribution in [0.25, 0.3) is 0 Å². The second-order valence-electron chi connectivity index (χ2n) is 7.70. The van der Waals surface area contributed by atoms with Gasteiger partial charge in [-0.2, -0.15) is 0 Å². The van der Waals surface area contributed by atoms with Crippen LogP contribution in [0.15, 0.2) is 24.3 Å². The van der Waals surface area contributed by atoms with Crippen molar-refractivity contribution in [1.82, 2.24) is 10.2 Å². The van der Waals surface area contributed by atoms with Gasteiger partial charge in [-0.1, -0.05) is 25.0 Å². The maximum absolute atomic E-state index is 11.6. The lowest BCUT2D eigenvalue weighted by atomic mass is 9.78. The lowest BCUT2D eigenvalue weighted by Crippen LogP contribution is -2.63. The molecule has 7 nitrogen and oxygen atoms in total. The molecule has 1 aromatic carbocycles. The van der Waals surface area contributed by atoms with E-state index in [1.807, 2.05) is 18.2 Å². The van der Waals surface area contributed by atoms with Crippen LogP contribution in [0.5, 0.6) is 0 Å². The van der Waals surface area contributed by atoms with Gasteiger partial charge in [-0.15, -0.1) is 0 Å². The van der Waals surface area contributed by atoms with Gasteiger partial charge < -0.3 is 10.1 Å². The average molecular weight is 396 g/mol. The number of hydrogen-bond acceptors (Lipinski definition) is 5. The highest BCUT2D eigenvalue weighted by molar-refractivity contribution is 7.92. The molecule has 8 heteroatoms. The summed E-state index contributed by atoms with van der Waals surface area (Å²) in [6.45, 7) is 4.50. The molecule has 0 radical (unpaired) electrons. The van der Waals surface area contributed by atoms with Gasteiger partial charge in [0.05, 0.1) is 18.9 Å². The zero-order chi connectivity index (χ0) is 19.5. The van der Waals surface area contributed by atoms with Crippen molar-refractivity contribution in [1.29, 1.82) is 0 Å². The van der Waals surface area contributed by atoms with Crippen LogP contribution in [0.4, 0.5) is 5.69 Å². The van der Waals surface area contributed by atoms with Crippen LogP contribution in [0, 0.1) is 0 Å². The number of carbonyl (C=O) groups is 1. The van der Waals surface area contributed by atoms with E-state index in [9.17, 15) is 13.2 Å². The molecule has 1 aromatic rings. The molecule has 0 aromatic heterocycles. The van der Waals surface area contributed by atoms with Gasteiger partial charge in [-0.25, -0.2) is 8.42 Å². The first-order valence-corrected chi connectivity index (χ1v) is 11.4. The molecule has 1 spiro atoms. The minimum atomic E-state index is -3.29. The Labute approximate surface area is 161 Å². The van der Waals surface area contributed by atoms with Gasteiger partial charge in [-0.05, 0) is 30.5 Å². The van der Waals surface area contributed by atoms with Crippen LogP contribution < -0.4 is 10.0 Å². The van der Waals surface area contributed by atoms with Crippen LogP contribution in [-0.4, -0.2) is 56.8 Å². The molecule has 2 fully saturated rings. The van der Waals surface area contributed by atoms with E-state index in [1.165, 1.54) is 0 Å². The van der Waals surface area contributed by atoms with Crippen LogP contribution >= 0.6 is 0 Å². The highest BCUT2D eigenvalue weighted by Crippen LogP contribution is 2.35. The third-order valence-corrected chi connectivity index (χ3v) is 5.89. The fraction of sp³-hybridized carbons (Fsp3) is 0.632. The van der Waals surface area contributed by atoms with E-state index in [4.69, 9.17) is 4.74 Å². The number of sulfonamides is 1. The summed E-state index contributed by atoms with van der Waals surface area (Å²) in [5, 5.41) is 3.09. The molecule has 1 saturated heterocycles. The Kier molecular flexibility index (Phi) is 6.08. The van der Waals surface area contributed by atoms with E-state index in [0.717, 1.165) is 57.1 Å². The van der Waals surface area contributed by atoms with Crippen LogP contribution in [0.2, 0.25) is 0 Å². The molecule has 1 heterocycles. The number of nitrogens with one attached hydrogen (secondary N) is 2. The number of hydrogen-bond donors (Lipinski definition) is 2. The summed E-state index contributed by atoms with van der Waals surface area (Å²) in [5.41, 5.74) is 1.30. The Morgan fingerprint density at radius 1 is 1.37 bits per heavy atom. The third-order valence-electron chi connectivity index (χ3n) is 5.28. The van der Waals surface area contributed by atoms with Gasteiger partial charge in [0.1, 0.15) is 5.60 Å².